The quantitative estimate of drug-likeness (QED) is 0.501. The zero-order valence-electron chi connectivity index (χ0n) is 8.59. The van der Waals surface area contributed by atoms with Crippen LogP contribution in [0.2, 0.25) is 0 Å². The van der Waals surface area contributed by atoms with Crippen LogP contribution in [0.4, 0.5) is 0 Å². The highest BCUT2D eigenvalue weighted by Crippen LogP contribution is 2.34. The second-order valence-electron chi connectivity index (χ2n) is 3.52. The van der Waals surface area contributed by atoms with E-state index in [9.17, 15) is 20.2 Å². The van der Waals surface area contributed by atoms with Gasteiger partial charge in [0, 0.05) is 18.9 Å². The molecule has 1 rings (SSSR count). The van der Waals surface area contributed by atoms with Crippen molar-refractivity contribution in [2.24, 2.45) is 0 Å². The fourth-order valence-electron chi connectivity index (χ4n) is 1.63. The van der Waals surface area contributed by atoms with Crippen LogP contribution >= 0.6 is 0 Å². The molecule has 8 nitrogen and oxygen atoms in total. The van der Waals surface area contributed by atoms with E-state index in [0.717, 1.165) is 5.06 Å². The molecule has 8 heteroatoms. The van der Waals surface area contributed by atoms with Crippen molar-refractivity contribution in [3.8, 4) is 0 Å². The molecular formula is C7H11N3O5. The second-order valence-corrected chi connectivity index (χ2v) is 3.52. The van der Waals surface area contributed by atoms with E-state index < -0.39 is 21.9 Å². The van der Waals surface area contributed by atoms with E-state index in [1.165, 1.54) is 20.9 Å². The van der Waals surface area contributed by atoms with Gasteiger partial charge in [0.25, 0.3) is 0 Å². The van der Waals surface area contributed by atoms with Gasteiger partial charge in [0.2, 0.25) is 12.1 Å². The first-order valence-electron chi connectivity index (χ1n) is 4.18. The summed E-state index contributed by atoms with van der Waals surface area (Å²) < 4.78 is 0. The van der Waals surface area contributed by atoms with Crippen molar-refractivity contribution < 1.29 is 14.7 Å². The summed E-state index contributed by atoms with van der Waals surface area (Å²) in [6.07, 6.45) is 0. The summed E-state index contributed by atoms with van der Waals surface area (Å²) in [5.41, 5.74) is -1.58. The predicted molar refractivity (Wildman–Crippen MR) is 48.8 cm³/mol. The Hall–Kier alpha value is -1.70. The third kappa shape index (κ3) is 1.75. The van der Waals surface area contributed by atoms with Crippen LogP contribution in [0.25, 0.3) is 0 Å². The minimum absolute atomic E-state index is 0.0897. The van der Waals surface area contributed by atoms with Crippen molar-refractivity contribution in [1.82, 2.24) is 5.06 Å². The van der Waals surface area contributed by atoms with Gasteiger partial charge in [0.1, 0.15) is 0 Å². The van der Waals surface area contributed by atoms with Crippen LogP contribution in [0.5, 0.6) is 0 Å². The molecule has 0 aromatic rings. The molecule has 1 unspecified atom stereocenters. The number of hydrogen-bond donors (Lipinski definition) is 0. The number of allylic oxidation sites excluding steroid dienone is 1. The first-order chi connectivity index (χ1) is 6.79. The van der Waals surface area contributed by atoms with Gasteiger partial charge >= 0.3 is 5.70 Å². The molecule has 0 N–H and O–H groups in total. The predicted octanol–water partition coefficient (Wildman–Crippen LogP) is 0.407. The molecule has 1 heterocycles. The average molecular weight is 217 g/mol. The Bertz CT molecular complexity index is 353. The van der Waals surface area contributed by atoms with Gasteiger partial charge in [-0.15, -0.1) is 5.06 Å². The van der Waals surface area contributed by atoms with Gasteiger partial charge in [-0.2, -0.15) is 0 Å². The Morgan fingerprint density at radius 1 is 1.47 bits per heavy atom. The van der Waals surface area contributed by atoms with E-state index in [2.05, 4.69) is 0 Å². The highest BCUT2D eigenvalue weighted by molar-refractivity contribution is 5.18. The van der Waals surface area contributed by atoms with Crippen molar-refractivity contribution >= 4 is 0 Å². The van der Waals surface area contributed by atoms with Crippen molar-refractivity contribution in [1.29, 1.82) is 0 Å². The Balaban J connectivity index is 3.14. The standard InChI is InChI=1S/C7H11N3O5/c1-5-6(10(13)14)7(2,4-9(11)12)8(3)15-5/h4H2,1-3H3. The smallest absolute Gasteiger partial charge is 0.315 e. The van der Waals surface area contributed by atoms with E-state index in [-0.39, 0.29) is 11.5 Å². The third-order valence-corrected chi connectivity index (χ3v) is 2.43. The van der Waals surface area contributed by atoms with Gasteiger partial charge in [-0.05, 0) is 6.92 Å². The Morgan fingerprint density at radius 3 is 2.40 bits per heavy atom. The largest absolute Gasteiger partial charge is 0.403 e. The van der Waals surface area contributed by atoms with Gasteiger partial charge in [0.05, 0.1) is 4.92 Å². The lowest BCUT2D eigenvalue weighted by Crippen LogP contribution is -2.47. The maximum atomic E-state index is 10.8. The summed E-state index contributed by atoms with van der Waals surface area (Å²) in [6, 6.07) is 0. The summed E-state index contributed by atoms with van der Waals surface area (Å²) in [6.45, 7) is 2.25. The summed E-state index contributed by atoms with van der Waals surface area (Å²) in [4.78, 5) is 25.0. The Labute approximate surface area is 85.4 Å². The van der Waals surface area contributed by atoms with Crippen molar-refractivity contribution in [2.45, 2.75) is 19.4 Å². The van der Waals surface area contributed by atoms with Crippen molar-refractivity contribution in [3.05, 3.63) is 31.7 Å². The lowest BCUT2D eigenvalue weighted by Gasteiger charge is -2.23. The first kappa shape index (κ1) is 11.4. The molecule has 0 aromatic carbocycles. The summed E-state index contributed by atoms with van der Waals surface area (Å²) >= 11 is 0. The summed E-state index contributed by atoms with van der Waals surface area (Å²) in [7, 11) is 1.43. The number of likely N-dealkylation sites (N-methyl/N-ethyl adjacent to an activating group) is 1. The average Bonchev–Trinajstić information content (AvgIpc) is 2.20. The third-order valence-electron chi connectivity index (χ3n) is 2.43. The van der Waals surface area contributed by atoms with Crippen molar-refractivity contribution in [2.75, 3.05) is 13.6 Å². The topological polar surface area (TPSA) is 98.8 Å². The molecule has 0 fully saturated rings. The molecule has 0 aromatic heterocycles. The zero-order chi connectivity index (χ0) is 11.8. The van der Waals surface area contributed by atoms with Crippen LogP contribution in [0.3, 0.4) is 0 Å². The van der Waals surface area contributed by atoms with Crippen LogP contribution in [0.1, 0.15) is 13.8 Å². The number of rotatable bonds is 3. The minimum Gasteiger partial charge on any atom is -0.403 e. The molecule has 1 aliphatic rings. The van der Waals surface area contributed by atoms with E-state index in [0.29, 0.717) is 0 Å². The van der Waals surface area contributed by atoms with Crippen molar-refractivity contribution in [3.63, 3.8) is 0 Å². The first-order valence-corrected chi connectivity index (χ1v) is 4.18. The van der Waals surface area contributed by atoms with E-state index in [4.69, 9.17) is 4.84 Å². The van der Waals surface area contributed by atoms with E-state index in [1.807, 2.05) is 0 Å². The fourth-order valence-corrected chi connectivity index (χ4v) is 1.63. The molecular weight excluding hydrogens is 206 g/mol. The molecule has 0 saturated heterocycles. The van der Waals surface area contributed by atoms with Gasteiger partial charge < -0.3 is 4.84 Å². The normalized spacial score (nSPS) is 26.6. The summed E-state index contributed by atoms with van der Waals surface area (Å²) in [5, 5.41) is 22.4. The molecule has 0 spiro atoms. The number of hydrogen-bond acceptors (Lipinski definition) is 6. The maximum absolute atomic E-state index is 10.8. The Kier molecular flexibility index (Phi) is 2.63. The van der Waals surface area contributed by atoms with Crippen LogP contribution in [0.15, 0.2) is 11.5 Å². The molecule has 0 radical (unpaired) electrons. The second kappa shape index (κ2) is 3.46. The van der Waals surface area contributed by atoms with Gasteiger partial charge in [-0.25, -0.2) is 0 Å². The molecule has 0 aliphatic carbocycles. The van der Waals surface area contributed by atoms with Gasteiger partial charge in [-0.1, -0.05) is 0 Å². The number of nitro groups is 2. The lowest BCUT2D eigenvalue weighted by molar-refractivity contribution is -0.511. The van der Waals surface area contributed by atoms with Crippen LogP contribution in [-0.4, -0.2) is 34.0 Å². The van der Waals surface area contributed by atoms with Gasteiger partial charge in [0.15, 0.2) is 5.76 Å². The molecule has 0 bridgehead atoms. The fraction of sp³-hybridized carbons (Fsp3) is 0.714. The molecule has 84 valence electrons. The molecule has 15 heavy (non-hydrogen) atoms. The summed E-state index contributed by atoms with van der Waals surface area (Å²) in [5.74, 6) is 0.0897. The monoisotopic (exact) mass is 217 g/mol. The van der Waals surface area contributed by atoms with Crippen LogP contribution < -0.4 is 0 Å². The molecule has 1 aliphatic heterocycles. The minimum atomic E-state index is -1.32. The number of nitrogens with zero attached hydrogens (tertiary/aromatic N) is 3. The molecule has 0 saturated carbocycles. The molecule has 1 atom stereocenters. The molecule has 0 amide bonds. The SMILES string of the molecule is CC1=C([N+](=O)[O-])C(C)(C[N+](=O)[O-])N(C)O1. The van der Waals surface area contributed by atoms with Crippen LogP contribution in [0, 0.1) is 20.2 Å². The maximum Gasteiger partial charge on any atom is 0.315 e. The highest BCUT2D eigenvalue weighted by Gasteiger charge is 2.55. The number of hydroxylamine groups is 2. The van der Waals surface area contributed by atoms with E-state index >= 15 is 0 Å². The van der Waals surface area contributed by atoms with E-state index in [1.54, 1.807) is 0 Å². The lowest BCUT2D eigenvalue weighted by atomic mass is 9.98. The van der Waals surface area contributed by atoms with Gasteiger partial charge in [-0.3, -0.25) is 20.2 Å². The highest BCUT2D eigenvalue weighted by atomic mass is 16.7. The Morgan fingerprint density at radius 2 is 2.00 bits per heavy atom. The van der Waals surface area contributed by atoms with Crippen LogP contribution in [-0.2, 0) is 4.84 Å². The zero-order valence-corrected chi connectivity index (χ0v) is 8.59.